The van der Waals surface area contributed by atoms with E-state index in [1.54, 1.807) is 7.11 Å². The molecule has 0 saturated heterocycles. The molecule has 0 fully saturated rings. The Morgan fingerprint density at radius 1 is 1.15 bits per heavy atom. The topological polar surface area (TPSA) is 33.7 Å². The van der Waals surface area contributed by atoms with Crippen LogP contribution in [-0.4, -0.2) is 51.8 Å². The third-order valence-electron chi connectivity index (χ3n) is 3.02. The van der Waals surface area contributed by atoms with Gasteiger partial charge in [-0.05, 0) is 31.6 Å². The Morgan fingerprint density at radius 2 is 1.85 bits per heavy atom. The molecule has 0 spiro atoms. The molecule has 0 heterocycles. The van der Waals surface area contributed by atoms with Crippen molar-refractivity contribution < 1.29 is 9.47 Å². The van der Waals surface area contributed by atoms with Crippen LogP contribution in [0.3, 0.4) is 0 Å². The molecule has 0 aliphatic heterocycles. The molecular weight excluding hydrogens is 252 g/mol. The number of nitrogens with zero attached hydrogens (tertiary/aromatic N) is 1. The lowest BCUT2D eigenvalue weighted by Gasteiger charge is -2.18. The molecule has 0 amide bonds. The lowest BCUT2D eigenvalue weighted by Crippen LogP contribution is -2.33. The van der Waals surface area contributed by atoms with E-state index in [9.17, 15) is 0 Å². The number of methoxy groups -OCH3 is 1. The minimum Gasteiger partial charge on any atom is -0.493 e. The molecule has 0 aliphatic carbocycles. The number of benzene rings is 1. The molecule has 0 aliphatic rings. The second-order valence-corrected chi connectivity index (χ2v) is 5.40. The van der Waals surface area contributed by atoms with E-state index in [2.05, 4.69) is 31.1 Å². The number of likely N-dealkylation sites (N-methyl/N-ethyl adjacent to an activating group) is 1. The first-order valence-corrected chi connectivity index (χ1v) is 7.28. The summed E-state index contributed by atoms with van der Waals surface area (Å²) >= 11 is 0. The normalized spacial score (nSPS) is 11.1. The van der Waals surface area contributed by atoms with E-state index in [4.69, 9.17) is 9.47 Å². The van der Waals surface area contributed by atoms with Gasteiger partial charge in [0.05, 0.1) is 7.11 Å². The van der Waals surface area contributed by atoms with Gasteiger partial charge in [0.1, 0.15) is 6.61 Å². The molecule has 4 heteroatoms. The average molecular weight is 280 g/mol. The van der Waals surface area contributed by atoms with E-state index < -0.39 is 0 Å². The summed E-state index contributed by atoms with van der Waals surface area (Å²) in [4.78, 5) is 2.27. The molecule has 0 unspecified atom stereocenters. The van der Waals surface area contributed by atoms with Gasteiger partial charge in [0.25, 0.3) is 0 Å². The first-order valence-electron chi connectivity index (χ1n) is 7.28. The minimum atomic E-state index is 0.668. The third-order valence-corrected chi connectivity index (χ3v) is 3.02. The lowest BCUT2D eigenvalue weighted by atomic mass is 10.2. The van der Waals surface area contributed by atoms with Crippen molar-refractivity contribution in [1.29, 1.82) is 0 Å². The number of hydrogen-bond donors (Lipinski definition) is 1. The molecule has 1 N–H and O–H groups in total. The molecule has 0 saturated carbocycles. The zero-order valence-corrected chi connectivity index (χ0v) is 13.2. The van der Waals surface area contributed by atoms with Crippen molar-refractivity contribution in [1.82, 2.24) is 10.2 Å². The summed E-state index contributed by atoms with van der Waals surface area (Å²) in [6, 6.07) is 7.74. The van der Waals surface area contributed by atoms with Crippen molar-refractivity contribution in [3.8, 4) is 11.5 Å². The van der Waals surface area contributed by atoms with Crippen LogP contribution < -0.4 is 14.8 Å². The highest BCUT2D eigenvalue weighted by atomic mass is 16.5. The van der Waals surface area contributed by atoms with Crippen LogP contribution in [0.1, 0.15) is 13.8 Å². The molecule has 0 aromatic heterocycles. The SMILES string of the molecule is COc1ccccc1OCCN(C)CCNCC(C)C. The fourth-order valence-corrected chi connectivity index (χ4v) is 1.82. The Labute approximate surface area is 123 Å². The van der Waals surface area contributed by atoms with Gasteiger partial charge in [-0.3, -0.25) is 0 Å². The van der Waals surface area contributed by atoms with Crippen LogP contribution in [0.25, 0.3) is 0 Å². The van der Waals surface area contributed by atoms with Crippen LogP contribution in [0, 0.1) is 5.92 Å². The summed E-state index contributed by atoms with van der Waals surface area (Å²) in [5, 5.41) is 3.44. The quantitative estimate of drug-likeness (QED) is 0.667. The number of hydrogen-bond acceptors (Lipinski definition) is 4. The van der Waals surface area contributed by atoms with Crippen LogP contribution in [-0.2, 0) is 0 Å². The Kier molecular flexibility index (Phi) is 8.07. The Hall–Kier alpha value is -1.26. The van der Waals surface area contributed by atoms with Gasteiger partial charge in [-0.2, -0.15) is 0 Å². The number of nitrogens with one attached hydrogen (secondary N) is 1. The monoisotopic (exact) mass is 280 g/mol. The summed E-state index contributed by atoms with van der Waals surface area (Å²) in [6.45, 7) is 9.13. The molecule has 4 nitrogen and oxygen atoms in total. The molecule has 20 heavy (non-hydrogen) atoms. The highest BCUT2D eigenvalue weighted by Crippen LogP contribution is 2.25. The van der Waals surface area contributed by atoms with Crippen LogP contribution in [0.2, 0.25) is 0 Å². The van der Waals surface area contributed by atoms with Gasteiger partial charge in [0, 0.05) is 19.6 Å². The number of ether oxygens (including phenoxy) is 2. The molecule has 0 atom stereocenters. The predicted molar refractivity (Wildman–Crippen MR) is 83.7 cm³/mol. The maximum absolute atomic E-state index is 5.76. The fourth-order valence-electron chi connectivity index (χ4n) is 1.82. The number of para-hydroxylation sites is 2. The zero-order chi connectivity index (χ0) is 14.8. The van der Waals surface area contributed by atoms with Gasteiger partial charge in [-0.1, -0.05) is 26.0 Å². The van der Waals surface area contributed by atoms with Gasteiger partial charge < -0.3 is 19.7 Å². The van der Waals surface area contributed by atoms with Crippen LogP contribution in [0.4, 0.5) is 0 Å². The first-order chi connectivity index (χ1) is 9.63. The predicted octanol–water partition coefficient (Wildman–Crippen LogP) is 2.25. The van der Waals surface area contributed by atoms with Gasteiger partial charge >= 0.3 is 0 Å². The van der Waals surface area contributed by atoms with Gasteiger partial charge in [-0.25, -0.2) is 0 Å². The average Bonchev–Trinajstić information content (AvgIpc) is 2.44. The third kappa shape index (κ3) is 6.78. The van der Waals surface area contributed by atoms with E-state index in [0.29, 0.717) is 12.5 Å². The van der Waals surface area contributed by atoms with E-state index in [-0.39, 0.29) is 0 Å². The van der Waals surface area contributed by atoms with Crippen molar-refractivity contribution in [2.24, 2.45) is 5.92 Å². The van der Waals surface area contributed by atoms with Crippen molar-refractivity contribution in [3.05, 3.63) is 24.3 Å². The molecular formula is C16H28N2O2. The van der Waals surface area contributed by atoms with Gasteiger partial charge in [0.2, 0.25) is 0 Å². The Morgan fingerprint density at radius 3 is 2.50 bits per heavy atom. The van der Waals surface area contributed by atoms with Crippen molar-refractivity contribution in [3.63, 3.8) is 0 Å². The second-order valence-electron chi connectivity index (χ2n) is 5.40. The summed E-state index contributed by atoms with van der Waals surface area (Å²) in [7, 11) is 3.78. The van der Waals surface area contributed by atoms with Crippen LogP contribution in [0.15, 0.2) is 24.3 Å². The van der Waals surface area contributed by atoms with E-state index in [0.717, 1.165) is 37.7 Å². The Balaban J connectivity index is 2.16. The maximum atomic E-state index is 5.76. The van der Waals surface area contributed by atoms with Crippen LogP contribution >= 0.6 is 0 Å². The fraction of sp³-hybridized carbons (Fsp3) is 0.625. The maximum Gasteiger partial charge on any atom is 0.161 e. The molecule has 0 radical (unpaired) electrons. The van der Waals surface area contributed by atoms with E-state index >= 15 is 0 Å². The standard InChI is InChI=1S/C16H28N2O2/c1-14(2)13-17-9-10-18(3)11-12-20-16-8-6-5-7-15(16)19-4/h5-8,14,17H,9-13H2,1-4H3. The van der Waals surface area contributed by atoms with Gasteiger partial charge in [0.15, 0.2) is 11.5 Å². The van der Waals surface area contributed by atoms with Crippen molar-refractivity contribution in [2.45, 2.75) is 13.8 Å². The molecule has 1 rings (SSSR count). The van der Waals surface area contributed by atoms with E-state index in [1.807, 2.05) is 24.3 Å². The molecule has 1 aromatic rings. The summed E-state index contributed by atoms with van der Waals surface area (Å²) in [5.74, 6) is 2.30. The van der Waals surface area contributed by atoms with Gasteiger partial charge in [-0.15, -0.1) is 0 Å². The highest BCUT2D eigenvalue weighted by Gasteiger charge is 2.03. The van der Waals surface area contributed by atoms with Crippen molar-refractivity contribution in [2.75, 3.05) is 46.9 Å². The lowest BCUT2D eigenvalue weighted by molar-refractivity contribution is 0.230. The first kappa shape index (κ1) is 16.8. The second kappa shape index (κ2) is 9.61. The van der Waals surface area contributed by atoms with Crippen molar-refractivity contribution >= 4 is 0 Å². The summed E-state index contributed by atoms with van der Waals surface area (Å²) in [5.41, 5.74) is 0. The van der Waals surface area contributed by atoms with Crippen LogP contribution in [0.5, 0.6) is 11.5 Å². The largest absolute Gasteiger partial charge is 0.493 e. The molecule has 0 bridgehead atoms. The summed E-state index contributed by atoms with van der Waals surface area (Å²) < 4.78 is 11.0. The summed E-state index contributed by atoms with van der Waals surface area (Å²) in [6.07, 6.45) is 0. The van der Waals surface area contributed by atoms with E-state index in [1.165, 1.54) is 0 Å². The smallest absolute Gasteiger partial charge is 0.161 e. The highest BCUT2D eigenvalue weighted by molar-refractivity contribution is 5.39. The zero-order valence-electron chi connectivity index (χ0n) is 13.2. The Bertz CT molecular complexity index is 369. The molecule has 1 aromatic carbocycles. The number of rotatable bonds is 10. The molecule has 114 valence electrons. The minimum absolute atomic E-state index is 0.668.